The van der Waals surface area contributed by atoms with Crippen molar-refractivity contribution in [2.24, 2.45) is 42.3 Å². The molecule has 0 N–H and O–H groups in total. The molecule has 0 aliphatic rings. The Bertz CT molecular complexity index is 7350. The summed E-state index contributed by atoms with van der Waals surface area (Å²) in [6.07, 6.45) is 16.4. The van der Waals surface area contributed by atoms with Gasteiger partial charge in [0.1, 0.15) is 51.6 Å². The quantitative estimate of drug-likeness (QED) is 0.0948. The Morgan fingerprint density at radius 2 is 0.582 bits per heavy atom. The van der Waals surface area contributed by atoms with E-state index in [-0.39, 0.29) is 17.5 Å². The molecule has 0 amide bonds. The summed E-state index contributed by atoms with van der Waals surface area (Å²) in [6, 6.07) is 73.1. The number of fused-ring (bicyclic) bond motifs is 6. The smallest absolute Gasteiger partial charge is 0.232 e. The van der Waals surface area contributed by atoms with E-state index in [9.17, 15) is 13.2 Å². The number of para-hydroxylation sites is 4. The Morgan fingerprint density at radius 3 is 1.04 bits per heavy atom. The van der Waals surface area contributed by atoms with Crippen LogP contribution in [0.5, 0.6) is 0 Å². The van der Waals surface area contributed by atoms with Crippen LogP contribution in [0.2, 0.25) is 0 Å². The van der Waals surface area contributed by atoms with Crippen molar-refractivity contribution in [2.75, 3.05) is 0 Å². The lowest BCUT2D eigenvalue weighted by Crippen LogP contribution is -2.36. The van der Waals surface area contributed by atoms with Crippen molar-refractivity contribution in [1.29, 1.82) is 0 Å². The second-order valence-electron chi connectivity index (χ2n) is 36.6. The fourth-order valence-corrected chi connectivity index (χ4v) is 18.9. The van der Waals surface area contributed by atoms with Crippen molar-refractivity contribution in [3.63, 3.8) is 0 Å². The molecule has 0 saturated carbocycles. The molecule has 12 nitrogen and oxygen atoms in total. The van der Waals surface area contributed by atoms with Crippen LogP contribution in [0.1, 0.15) is 193 Å². The van der Waals surface area contributed by atoms with Gasteiger partial charge in [0, 0.05) is 51.4 Å². The summed E-state index contributed by atoms with van der Waals surface area (Å²) < 4.78 is 53.7. The molecular weight excluding hydrogens is 1650 g/mol. The fourth-order valence-electron chi connectivity index (χ4n) is 18.9. The molecule has 18 aromatic rings. The third-order valence-corrected chi connectivity index (χ3v) is 26.9. The Balaban J connectivity index is 0.000000137. The van der Waals surface area contributed by atoms with Crippen LogP contribution in [0, 0.1) is 114 Å². The molecule has 0 saturated heterocycles. The number of hydrogen-bond acceptors (Lipinski definition) is 6. The van der Waals surface area contributed by atoms with Gasteiger partial charge in [0.15, 0.2) is 33.1 Å². The van der Waals surface area contributed by atoms with E-state index in [1.165, 1.54) is 126 Å². The topological polar surface area (TPSA) is 101 Å². The van der Waals surface area contributed by atoms with Crippen LogP contribution in [-0.2, 0) is 42.3 Å². The molecule has 0 bridgehead atoms. The highest BCUT2D eigenvalue weighted by molar-refractivity contribution is 5.97. The fraction of sp³-hybridized carbons (Fsp3) is 0.294. The van der Waals surface area contributed by atoms with Crippen LogP contribution >= 0.6 is 0 Å². The maximum Gasteiger partial charge on any atom is 0.296 e. The van der Waals surface area contributed by atoms with Crippen molar-refractivity contribution >= 4 is 65.4 Å². The molecule has 0 spiro atoms. The van der Waals surface area contributed by atoms with E-state index in [4.69, 9.17) is 9.97 Å². The first kappa shape index (κ1) is 98.0. The van der Waals surface area contributed by atoms with Crippen molar-refractivity contribution in [3.8, 4) is 67.5 Å². The summed E-state index contributed by atoms with van der Waals surface area (Å²) in [4.78, 5) is 27.7. The first-order valence-electron chi connectivity index (χ1n) is 47.3. The lowest BCUT2D eigenvalue weighted by Gasteiger charge is -2.15. The van der Waals surface area contributed by atoms with Gasteiger partial charge in [-0.25, -0.2) is 40.6 Å². The molecule has 0 aliphatic heterocycles. The molecule has 6 aromatic heterocycles. The van der Waals surface area contributed by atoms with Crippen LogP contribution in [0.25, 0.3) is 133 Å². The van der Waals surface area contributed by atoms with E-state index in [0.29, 0.717) is 34.4 Å². The summed E-state index contributed by atoms with van der Waals surface area (Å²) >= 11 is 0. The zero-order chi connectivity index (χ0) is 96.4. The predicted molar refractivity (Wildman–Crippen MR) is 546 cm³/mol. The number of nitrogens with zero attached hydrogens (tertiary/aromatic N) is 12. The van der Waals surface area contributed by atoms with E-state index < -0.39 is 0 Å². The maximum absolute atomic E-state index is 13.7. The highest BCUT2D eigenvalue weighted by Crippen LogP contribution is 2.39. The first-order valence-corrected chi connectivity index (χ1v) is 47.3. The van der Waals surface area contributed by atoms with Crippen LogP contribution in [0.15, 0.2) is 244 Å². The molecule has 684 valence electrons. The second kappa shape index (κ2) is 43.0. The van der Waals surface area contributed by atoms with Gasteiger partial charge in [0.25, 0.3) is 37.5 Å². The Labute approximate surface area is 791 Å². The number of halogens is 3. The van der Waals surface area contributed by atoms with Gasteiger partial charge in [0.2, 0.25) is 0 Å². The van der Waals surface area contributed by atoms with Crippen LogP contribution in [0.3, 0.4) is 0 Å². The summed E-state index contributed by atoms with van der Waals surface area (Å²) in [6.45, 7) is 41.9. The van der Waals surface area contributed by atoms with Gasteiger partial charge in [-0.3, -0.25) is 0 Å². The van der Waals surface area contributed by atoms with E-state index in [0.717, 1.165) is 124 Å². The minimum Gasteiger partial charge on any atom is -0.232 e. The normalized spacial score (nSPS) is 11.3. The second-order valence-corrected chi connectivity index (χ2v) is 36.6. The molecule has 134 heavy (non-hydrogen) atoms. The van der Waals surface area contributed by atoms with E-state index in [1.807, 2.05) is 144 Å². The van der Waals surface area contributed by atoms with Crippen molar-refractivity contribution < 1.29 is 40.6 Å². The third kappa shape index (κ3) is 21.1. The van der Waals surface area contributed by atoms with Gasteiger partial charge in [-0.2, -0.15) is 0 Å². The van der Waals surface area contributed by atoms with E-state index in [1.54, 1.807) is 45.3 Å². The van der Waals surface area contributed by atoms with Gasteiger partial charge in [-0.1, -0.05) is 155 Å². The Hall–Kier alpha value is -13.5. The number of aromatic nitrogens is 12. The third-order valence-electron chi connectivity index (χ3n) is 26.9. The summed E-state index contributed by atoms with van der Waals surface area (Å²) in [5, 5.41) is 6.97. The number of aryl methyl sites for hydroxylation is 19. The molecular formula is C119H133F3N12+6. The molecule has 0 aliphatic carbocycles. The van der Waals surface area contributed by atoms with Crippen LogP contribution < -0.4 is 27.4 Å². The van der Waals surface area contributed by atoms with Gasteiger partial charge in [-0.05, 0) is 353 Å². The SMILES string of the molecule is CCC(CC)c1ccc2c(-c3cc(C)ccc3C)[n+](C)cnc2c1.CCC(CC)c1ccc2nc[n+](C)c(-c3cc(C)ccc3C)c2c1.CCC(CC)c1cccc2c(-c3cc(C)ccc3C)[n+](C)cnc12.Cc1cc(-c2c3cccc(C)c3nc[n+]2C)c(C)cc1F.Cc1cc(-c2c3ccccc3nc(C)[n+]2C)c(C)cc1F.Cc1cc(-c2c3ccccc3nc[n+]2C)c(C)cc1F. The minimum atomic E-state index is -0.160. The van der Waals surface area contributed by atoms with Crippen LogP contribution in [0.4, 0.5) is 13.2 Å². The maximum atomic E-state index is 13.7. The molecule has 15 heteroatoms. The van der Waals surface area contributed by atoms with E-state index in [2.05, 4.69) is 283 Å². The largest absolute Gasteiger partial charge is 0.296 e. The molecule has 0 unspecified atom stereocenters. The van der Waals surface area contributed by atoms with Gasteiger partial charge < -0.3 is 0 Å². The monoisotopic (exact) mass is 1790 g/mol. The summed E-state index contributed by atoms with van der Waals surface area (Å²) in [5.41, 5.74) is 38.1. The Morgan fingerprint density at radius 1 is 0.246 bits per heavy atom. The van der Waals surface area contributed by atoms with E-state index >= 15 is 0 Å². The number of rotatable bonds is 15. The van der Waals surface area contributed by atoms with Gasteiger partial charge >= 0.3 is 0 Å². The summed E-state index contributed by atoms with van der Waals surface area (Å²) in [5.74, 6) is 2.26. The minimum absolute atomic E-state index is 0.158. The lowest BCUT2D eigenvalue weighted by atomic mass is 9.90. The lowest BCUT2D eigenvalue weighted by molar-refractivity contribution is -0.668. The zero-order valence-electron chi connectivity index (χ0n) is 83.6. The number of benzene rings is 12. The molecule has 0 radical (unpaired) electrons. The average Bonchev–Trinajstić information content (AvgIpc) is 0.792. The first-order chi connectivity index (χ1) is 64.2. The Kier molecular flexibility index (Phi) is 31.4. The highest BCUT2D eigenvalue weighted by atomic mass is 19.1. The predicted octanol–water partition coefficient (Wildman–Crippen LogP) is 26.8. The highest BCUT2D eigenvalue weighted by Gasteiger charge is 2.28. The molecule has 0 fully saturated rings. The van der Waals surface area contributed by atoms with Crippen molar-refractivity contribution in [1.82, 2.24) is 29.9 Å². The average molecular weight is 1790 g/mol. The summed E-state index contributed by atoms with van der Waals surface area (Å²) in [7, 11) is 12.2. The number of hydrogen-bond donors (Lipinski definition) is 0. The molecule has 0 atom stereocenters. The standard InChI is InChI=1S/3C22H27N2.2C18H18FN2.C17H16FN2/c1-6-17(7-2)18-10-11-21-20(13-18)22(24(5)14-23-21)19-12-15(3)8-9-16(19)4;1-6-17(7-2)18-10-11-19-21(13-18)23-14-24(5)22(19)20-12-15(3)8-9-16(20)4;1-6-17(7-2)18-9-8-10-19-21(18)23-14-24(5)22(19)20-13-15(3)11-12-16(20)4;1-11-6-5-7-14-17(11)20-10-21(4)18(14)15-8-13(3)16(19)9-12(15)2;1-11-10-16(19)12(2)9-15(11)18-14-7-5-6-8-17(14)20-13(3)21(18)4;1-11-9-15(18)12(2)8-14(11)17-13-6-4-5-7-16(13)19-10-20(17)3/h3*8-14,17H,6-7H2,1-5H3;2*5-10H,1-4H3;4-10H,1-3H3/q6*+1. The van der Waals surface area contributed by atoms with Crippen molar-refractivity contribution in [3.05, 3.63) is 356 Å². The van der Waals surface area contributed by atoms with Gasteiger partial charge in [-0.15, -0.1) is 0 Å². The van der Waals surface area contributed by atoms with Gasteiger partial charge in [0.05, 0.1) is 74.6 Å². The van der Waals surface area contributed by atoms with Crippen LogP contribution in [-0.4, -0.2) is 29.9 Å². The van der Waals surface area contributed by atoms with Crippen molar-refractivity contribution in [2.45, 2.75) is 195 Å². The molecule has 6 heterocycles. The molecule has 18 rings (SSSR count). The zero-order valence-corrected chi connectivity index (χ0v) is 83.6. The molecule has 12 aromatic carbocycles.